The Hall–Kier alpha value is -1.30. The van der Waals surface area contributed by atoms with E-state index in [9.17, 15) is 18.3 Å². The summed E-state index contributed by atoms with van der Waals surface area (Å²) in [5, 5.41) is 9.76. The molecule has 0 amide bonds. The number of aromatic hydroxyl groups is 1. The molecule has 0 fully saturated rings. The monoisotopic (exact) mass is 378 g/mol. The second-order valence-corrected chi connectivity index (χ2v) is 6.39. The Labute approximate surface area is 146 Å². The SMILES string of the molecule is Oc1c(Cl)cc(CC(=S)Cc2ccc(C(F)(F)F)cc2)cc1Cl. The number of benzene rings is 2. The zero-order valence-electron chi connectivity index (χ0n) is 11.6. The van der Waals surface area contributed by atoms with Gasteiger partial charge in [-0.2, -0.15) is 13.2 Å². The minimum absolute atomic E-state index is 0.129. The minimum Gasteiger partial charge on any atom is -0.505 e. The molecule has 7 heteroatoms. The summed E-state index contributed by atoms with van der Waals surface area (Å²) in [5.74, 6) is -0.189. The molecule has 0 saturated heterocycles. The number of phenolic OH excluding ortho intramolecular Hbond substituents is 1. The molecule has 0 atom stereocenters. The van der Waals surface area contributed by atoms with Crippen molar-refractivity contribution in [1.29, 1.82) is 0 Å². The van der Waals surface area contributed by atoms with Gasteiger partial charge in [-0.05, 0) is 35.4 Å². The standard InChI is InChI=1S/C16H11Cl2F3OS/c17-13-7-10(8-14(18)15(13)22)6-12(23)5-9-1-3-11(4-2-9)16(19,20)21/h1-4,7-8,22H,5-6H2. The van der Waals surface area contributed by atoms with Gasteiger partial charge in [0.1, 0.15) is 0 Å². The fraction of sp³-hybridized carbons (Fsp3) is 0.188. The van der Waals surface area contributed by atoms with E-state index in [4.69, 9.17) is 35.4 Å². The molecule has 2 rings (SSSR count). The first-order chi connectivity index (χ1) is 10.7. The summed E-state index contributed by atoms with van der Waals surface area (Å²) in [6.07, 6.45) is -3.60. The number of hydrogen-bond donors (Lipinski definition) is 1. The largest absolute Gasteiger partial charge is 0.505 e. The molecule has 0 bridgehead atoms. The average Bonchev–Trinajstić information content (AvgIpc) is 2.44. The van der Waals surface area contributed by atoms with Crippen LogP contribution in [0.1, 0.15) is 16.7 Å². The number of alkyl halides is 3. The zero-order valence-corrected chi connectivity index (χ0v) is 14.0. The smallest absolute Gasteiger partial charge is 0.416 e. The van der Waals surface area contributed by atoms with Crippen molar-refractivity contribution in [3.8, 4) is 5.75 Å². The maximum atomic E-state index is 12.5. The van der Waals surface area contributed by atoms with Crippen molar-refractivity contribution in [3.05, 3.63) is 63.1 Å². The lowest BCUT2D eigenvalue weighted by molar-refractivity contribution is -0.137. The number of phenols is 1. The molecular weight excluding hydrogens is 368 g/mol. The highest BCUT2D eigenvalue weighted by atomic mass is 35.5. The van der Waals surface area contributed by atoms with Gasteiger partial charge in [-0.1, -0.05) is 47.6 Å². The van der Waals surface area contributed by atoms with E-state index >= 15 is 0 Å². The van der Waals surface area contributed by atoms with Crippen molar-refractivity contribution >= 4 is 40.3 Å². The van der Waals surface area contributed by atoms with E-state index in [2.05, 4.69) is 0 Å². The van der Waals surface area contributed by atoms with Crippen molar-refractivity contribution in [3.63, 3.8) is 0 Å². The van der Waals surface area contributed by atoms with Crippen LogP contribution in [0.4, 0.5) is 13.2 Å². The predicted molar refractivity (Wildman–Crippen MR) is 89.6 cm³/mol. The Morgan fingerprint density at radius 1 is 0.957 bits per heavy atom. The molecule has 0 unspecified atom stereocenters. The topological polar surface area (TPSA) is 20.2 Å². The van der Waals surface area contributed by atoms with Crippen LogP contribution < -0.4 is 0 Å². The molecule has 2 aromatic rings. The van der Waals surface area contributed by atoms with E-state index in [0.717, 1.165) is 17.7 Å². The summed E-state index contributed by atoms with van der Waals surface area (Å²) in [6.45, 7) is 0. The van der Waals surface area contributed by atoms with Crippen molar-refractivity contribution in [2.45, 2.75) is 19.0 Å². The van der Waals surface area contributed by atoms with Gasteiger partial charge in [-0.15, -0.1) is 0 Å². The van der Waals surface area contributed by atoms with Gasteiger partial charge in [0.25, 0.3) is 0 Å². The summed E-state index contributed by atoms with van der Waals surface area (Å²) >= 11 is 17.0. The Morgan fingerprint density at radius 3 is 1.91 bits per heavy atom. The van der Waals surface area contributed by atoms with Gasteiger partial charge in [0.15, 0.2) is 5.75 Å². The fourth-order valence-corrected chi connectivity index (χ4v) is 2.92. The molecule has 0 radical (unpaired) electrons. The van der Waals surface area contributed by atoms with Crippen LogP contribution >= 0.6 is 35.4 Å². The number of thiocarbonyl (C=S) groups is 1. The molecule has 23 heavy (non-hydrogen) atoms. The van der Waals surface area contributed by atoms with E-state index < -0.39 is 11.7 Å². The first kappa shape index (κ1) is 18.0. The van der Waals surface area contributed by atoms with Gasteiger partial charge in [0.2, 0.25) is 0 Å². The van der Waals surface area contributed by atoms with Crippen LogP contribution in [0.2, 0.25) is 10.0 Å². The number of halogens is 5. The number of rotatable bonds is 4. The summed E-state index contributed by atoms with van der Waals surface area (Å²) in [7, 11) is 0. The van der Waals surface area contributed by atoms with Crippen LogP contribution in [-0.2, 0) is 19.0 Å². The highest BCUT2D eigenvalue weighted by Crippen LogP contribution is 2.33. The van der Waals surface area contributed by atoms with Crippen molar-refractivity contribution < 1.29 is 18.3 Å². The molecule has 0 spiro atoms. The van der Waals surface area contributed by atoms with Crippen LogP contribution in [0, 0.1) is 0 Å². The summed E-state index contributed by atoms with van der Waals surface area (Å²) in [6, 6.07) is 8.00. The molecule has 0 heterocycles. The Kier molecular flexibility index (Phi) is 5.55. The maximum absolute atomic E-state index is 12.5. The lowest BCUT2D eigenvalue weighted by Gasteiger charge is -2.09. The molecular formula is C16H11Cl2F3OS. The molecule has 2 aromatic carbocycles. The van der Waals surface area contributed by atoms with Gasteiger partial charge < -0.3 is 5.11 Å². The van der Waals surface area contributed by atoms with Crippen LogP contribution in [0.5, 0.6) is 5.75 Å². The second-order valence-electron chi connectivity index (χ2n) is 4.99. The molecule has 1 nitrogen and oxygen atoms in total. The fourth-order valence-electron chi connectivity index (χ4n) is 2.05. The summed E-state index contributed by atoms with van der Waals surface area (Å²) in [5.41, 5.74) is 0.734. The minimum atomic E-state index is -4.35. The third kappa shape index (κ3) is 4.83. The van der Waals surface area contributed by atoms with Crippen LogP contribution in [0.25, 0.3) is 0 Å². The molecule has 0 aromatic heterocycles. The van der Waals surface area contributed by atoms with Crippen molar-refractivity contribution in [1.82, 2.24) is 0 Å². The summed E-state index contributed by atoms with van der Waals surface area (Å²) < 4.78 is 37.5. The van der Waals surface area contributed by atoms with Crippen LogP contribution in [0.3, 0.4) is 0 Å². The third-order valence-corrected chi connectivity index (χ3v) is 4.03. The molecule has 0 aliphatic rings. The van der Waals surface area contributed by atoms with Crippen LogP contribution in [0.15, 0.2) is 36.4 Å². The molecule has 0 aliphatic heterocycles. The molecule has 122 valence electrons. The maximum Gasteiger partial charge on any atom is 0.416 e. The Balaban J connectivity index is 2.05. The highest BCUT2D eigenvalue weighted by molar-refractivity contribution is 7.80. The number of hydrogen-bond acceptors (Lipinski definition) is 2. The molecule has 0 saturated carbocycles. The predicted octanol–water partition coefficient (Wildman–Crippen LogP) is 5.87. The average molecular weight is 379 g/mol. The lowest BCUT2D eigenvalue weighted by Crippen LogP contribution is -2.07. The Bertz CT molecular complexity index is 704. The molecule has 0 aliphatic carbocycles. The first-order valence-corrected chi connectivity index (χ1v) is 7.68. The van der Waals surface area contributed by atoms with E-state index in [0.29, 0.717) is 23.3 Å². The summed E-state index contributed by atoms with van der Waals surface area (Å²) in [4.78, 5) is 0.627. The quantitative estimate of drug-likeness (QED) is 0.671. The first-order valence-electron chi connectivity index (χ1n) is 6.51. The third-order valence-electron chi connectivity index (χ3n) is 3.16. The van der Waals surface area contributed by atoms with Gasteiger partial charge >= 0.3 is 6.18 Å². The van der Waals surface area contributed by atoms with E-state index in [1.54, 1.807) is 12.1 Å². The Morgan fingerprint density at radius 2 is 1.43 bits per heavy atom. The second kappa shape index (κ2) is 7.07. The van der Waals surface area contributed by atoms with E-state index in [1.807, 2.05) is 0 Å². The zero-order chi connectivity index (χ0) is 17.2. The van der Waals surface area contributed by atoms with Gasteiger partial charge in [0, 0.05) is 17.7 Å². The molecule has 1 N–H and O–H groups in total. The van der Waals surface area contributed by atoms with Gasteiger partial charge in [0.05, 0.1) is 15.6 Å². The van der Waals surface area contributed by atoms with Crippen LogP contribution in [-0.4, -0.2) is 9.97 Å². The van der Waals surface area contributed by atoms with E-state index in [1.165, 1.54) is 12.1 Å². The normalized spacial score (nSPS) is 11.5. The van der Waals surface area contributed by atoms with Gasteiger partial charge in [-0.3, -0.25) is 0 Å². The van der Waals surface area contributed by atoms with Crippen molar-refractivity contribution in [2.24, 2.45) is 0 Å². The van der Waals surface area contributed by atoms with E-state index in [-0.39, 0.29) is 15.8 Å². The van der Waals surface area contributed by atoms with Gasteiger partial charge in [-0.25, -0.2) is 0 Å². The lowest BCUT2D eigenvalue weighted by atomic mass is 10.0. The highest BCUT2D eigenvalue weighted by Gasteiger charge is 2.29. The van der Waals surface area contributed by atoms with Crippen molar-refractivity contribution in [2.75, 3.05) is 0 Å².